The highest BCUT2D eigenvalue weighted by molar-refractivity contribution is 5.73. The van der Waals surface area contributed by atoms with Crippen molar-refractivity contribution < 1.29 is 0 Å². The van der Waals surface area contributed by atoms with Crippen LogP contribution in [0.25, 0.3) is 5.57 Å². The summed E-state index contributed by atoms with van der Waals surface area (Å²) in [5.41, 5.74) is 4.73. The second kappa shape index (κ2) is 7.50. The number of rotatable bonds is 5. The Morgan fingerprint density at radius 2 is 1.89 bits per heavy atom. The van der Waals surface area contributed by atoms with Crippen molar-refractivity contribution in [3.05, 3.63) is 77.9 Å². The molecule has 0 saturated heterocycles. The standard InChI is InChI=1S/C18H22/c1-5-7-11-17(6-2)15(3)14-16(4)18-12-9-8-10-13-18/h6-14H,4-5H2,1-3H3/b11-7-,15-14+,17-6+. The molecule has 1 aromatic carbocycles. The van der Waals surface area contributed by atoms with Crippen LogP contribution >= 0.6 is 0 Å². The molecule has 18 heavy (non-hydrogen) atoms. The van der Waals surface area contributed by atoms with Gasteiger partial charge in [-0.1, -0.05) is 68.1 Å². The van der Waals surface area contributed by atoms with Gasteiger partial charge in [-0.3, -0.25) is 0 Å². The number of hydrogen-bond acceptors (Lipinski definition) is 0. The van der Waals surface area contributed by atoms with E-state index in [1.54, 1.807) is 0 Å². The van der Waals surface area contributed by atoms with E-state index in [2.05, 4.69) is 63.8 Å². The van der Waals surface area contributed by atoms with Gasteiger partial charge in [-0.2, -0.15) is 0 Å². The van der Waals surface area contributed by atoms with E-state index in [1.165, 1.54) is 16.7 Å². The van der Waals surface area contributed by atoms with Crippen LogP contribution in [0.15, 0.2) is 72.4 Å². The maximum atomic E-state index is 4.13. The van der Waals surface area contributed by atoms with E-state index in [1.807, 2.05) is 18.2 Å². The highest BCUT2D eigenvalue weighted by atomic mass is 14.0. The molecule has 0 saturated carbocycles. The molecular formula is C18H22. The molecule has 0 aromatic heterocycles. The van der Waals surface area contributed by atoms with Crippen molar-refractivity contribution in [3.63, 3.8) is 0 Å². The molecule has 0 fully saturated rings. The van der Waals surface area contributed by atoms with Crippen molar-refractivity contribution in [2.24, 2.45) is 0 Å². The Labute approximate surface area is 111 Å². The quantitative estimate of drug-likeness (QED) is 0.589. The zero-order valence-corrected chi connectivity index (χ0v) is 11.6. The summed E-state index contributed by atoms with van der Waals surface area (Å²) in [5.74, 6) is 0. The highest BCUT2D eigenvalue weighted by Crippen LogP contribution is 2.19. The summed E-state index contributed by atoms with van der Waals surface area (Å²) >= 11 is 0. The minimum Gasteiger partial charge on any atom is -0.0911 e. The van der Waals surface area contributed by atoms with Gasteiger partial charge in [0.2, 0.25) is 0 Å². The van der Waals surface area contributed by atoms with Gasteiger partial charge in [-0.25, -0.2) is 0 Å². The first kappa shape index (κ1) is 14.2. The average molecular weight is 238 g/mol. The lowest BCUT2D eigenvalue weighted by Crippen LogP contribution is -1.84. The second-order valence-electron chi connectivity index (χ2n) is 4.27. The SMILES string of the molecule is C=C(/C=C(C)/C(/C=C\CC)=C/C)c1ccccc1. The van der Waals surface area contributed by atoms with E-state index in [9.17, 15) is 0 Å². The lowest BCUT2D eigenvalue weighted by atomic mass is 10.0. The number of benzene rings is 1. The summed E-state index contributed by atoms with van der Waals surface area (Å²) in [4.78, 5) is 0. The van der Waals surface area contributed by atoms with E-state index in [-0.39, 0.29) is 0 Å². The van der Waals surface area contributed by atoms with Gasteiger partial charge in [0.1, 0.15) is 0 Å². The van der Waals surface area contributed by atoms with E-state index >= 15 is 0 Å². The van der Waals surface area contributed by atoms with E-state index < -0.39 is 0 Å². The van der Waals surface area contributed by atoms with E-state index in [0.717, 1.165) is 12.0 Å². The molecule has 1 aromatic rings. The average Bonchev–Trinajstić information content (AvgIpc) is 2.40. The van der Waals surface area contributed by atoms with Crippen LogP contribution in [0.5, 0.6) is 0 Å². The van der Waals surface area contributed by atoms with Crippen LogP contribution in [0, 0.1) is 0 Å². The van der Waals surface area contributed by atoms with Crippen molar-refractivity contribution in [3.8, 4) is 0 Å². The lowest BCUT2D eigenvalue weighted by molar-refractivity contribution is 1.22. The molecule has 0 aliphatic carbocycles. The zero-order chi connectivity index (χ0) is 13.4. The predicted octanol–water partition coefficient (Wildman–Crippen LogP) is 5.56. The minimum absolute atomic E-state index is 1.05. The maximum absolute atomic E-state index is 4.13. The molecule has 0 N–H and O–H groups in total. The van der Waals surface area contributed by atoms with Crippen LogP contribution in [0.2, 0.25) is 0 Å². The van der Waals surface area contributed by atoms with Gasteiger partial charge in [0.25, 0.3) is 0 Å². The van der Waals surface area contributed by atoms with Gasteiger partial charge in [0, 0.05) is 0 Å². The topological polar surface area (TPSA) is 0 Å². The van der Waals surface area contributed by atoms with Crippen molar-refractivity contribution in [2.75, 3.05) is 0 Å². The first-order chi connectivity index (χ1) is 8.69. The molecule has 0 aliphatic heterocycles. The largest absolute Gasteiger partial charge is 0.0911 e. The van der Waals surface area contributed by atoms with Crippen LogP contribution in [-0.2, 0) is 0 Å². The van der Waals surface area contributed by atoms with Crippen LogP contribution in [0.4, 0.5) is 0 Å². The lowest BCUT2D eigenvalue weighted by Gasteiger charge is -2.05. The molecule has 0 radical (unpaired) electrons. The summed E-state index contributed by atoms with van der Waals surface area (Å²) in [6.45, 7) is 10.5. The fourth-order valence-electron chi connectivity index (χ4n) is 1.78. The summed E-state index contributed by atoms with van der Waals surface area (Å²) in [5, 5.41) is 0. The Balaban J connectivity index is 2.89. The van der Waals surface area contributed by atoms with Gasteiger partial charge in [0.15, 0.2) is 0 Å². The summed E-state index contributed by atoms with van der Waals surface area (Å²) in [6, 6.07) is 10.3. The third-order valence-corrected chi connectivity index (χ3v) is 2.83. The molecule has 0 spiro atoms. The molecule has 0 bridgehead atoms. The Hall–Kier alpha value is -1.82. The Bertz CT molecular complexity index is 470. The summed E-state index contributed by atoms with van der Waals surface area (Å²) < 4.78 is 0. The van der Waals surface area contributed by atoms with Gasteiger partial charge in [0.05, 0.1) is 0 Å². The van der Waals surface area contributed by atoms with Crippen molar-refractivity contribution in [2.45, 2.75) is 27.2 Å². The highest BCUT2D eigenvalue weighted by Gasteiger charge is 1.98. The molecule has 0 unspecified atom stereocenters. The van der Waals surface area contributed by atoms with Crippen molar-refractivity contribution in [1.82, 2.24) is 0 Å². The van der Waals surface area contributed by atoms with Gasteiger partial charge < -0.3 is 0 Å². The molecule has 0 heterocycles. The monoisotopic (exact) mass is 238 g/mol. The molecule has 94 valence electrons. The second-order valence-corrected chi connectivity index (χ2v) is 4.27. The molecule has 0 amide bonds. The Morgan fingerprint density at radius 3 is 2.44 bits per heavy atom. The third kappa shape index (κ3) is 4.21. The number of allylic oxidation sites excluding steroid dienone is 7. The van der Waals surface area contributed by atoms with E-state index in [4.69, 9.17) is 0 Å². The van der Waals surface area contributed by atoms with Crippen LogP contribution in [0.1, 0.15) is 32.8 Å². The fraction of sp³-hybridized carbons (Fsp3) is 0.222. The maximum Gasteiger partial charge on any atom is -0.0190 e. The van der Waals surface area contributed by atoms with Gasteiger partial charge >= 0.3 is 0 Å². The molecular weight excluding hydrogens is 216 g/mol. The van der Waals surface area contributed by atoms with E-state index in [0.29, 0.717) is 0 Å². The normalized spacial score (nSPS) is 13.1. The Kier molecular flexibility index (Phi) is 5.93. The molecule has 0 nitrogen and oxygen atoms in total. The number of hydrogen-bond donors (Lipinski definition) is 0. The molecule has 0 heteroatoms. The van der Waals surface area contributed by atoms with Crippen molar-refractivity contribution >= 4 is 5.57 Å². The predicted molar refractivity (Wildman–Crippen MR) is 82.4 cm³/mol. The van der Waals surface area contributed by atoms with Crippen molar-refractivity contribution in [1.29, 1.82) is 0 Å². The summed E-state index contributed by atoms with van der Waals surface area (Å²) in [7, 11) is 0. The minimum atomic E-state index is 1.05. The smallest absolute Gasteiger partial charge is 0.0190 e. The first-order valence-electron chi connectivity index (χ1n) is 6.44. The summed E-state index contributed by atoms with van der Waals surface area (Å²) in [6.07, 6.45) is 9.69. The third-order valence-electron chi connectivity index (χ3n) is 2.83. The molecule has 0 aliphatic rings. The molecule has 1 rings (SSSR count). The van der Waals surface area contributed by atoms with Gasteiger partial charge in [-0.15, -0.1) is 0 Å². The van der Waals surface area contributed by atoms with Crippen LogP contribution < -0.4 is 0 Å². The Morgan fingerprint density at radius 1 is 1.22 bits per heavy atom. The van der Waals surface area contributed by atoms with Crippen LogP contribution in [0.3, 0.4) is 0 Å². The fourth-order valence-corrected chi connectivity index (χ4v) is 1.78. The van der Waals surface area contributed by atoms with Crippen LogP contribution in [-0.4, -0.2) is 0 Å². The molecule has 0 atom stereocenters. The van der Waals surface area contributed by atoms with Gasteiger partial charge in [-0.05, 0) is 42.6 Å². The zero-order valence-electron chi connectivity index (χ0n) is 11.6. The first-order valence-corrected chi connectivity index (χ1v) is 6.44.